The van der Waals surface area contributed by atoms with E-state index in [1.165, 1.54) is 11.3 Å². The van der Waals surface area contributed by atoms with Crippen molar-refractivity contribution in [2.75, 3.05) is 11.9 Å². The minimum Gasteiger partial charge on any atom is -0.356 e. The van der Waals surface area contributed by atoms with Gasteiger partial charge in [0, 0.05) is 53.9 Å². The number of anilines is 2. The van der Waals surface area contributed by atoms with Crippen molar-refractivity contribution in [1.82, 2.24) is 20.3 Å². The molecule has 0 fully saturated rings. The summed E-state index contributed by atoms with van der Waals surface area (Å²) in [4.78, 5) is 37.1. The first-order valence-electron chi connectivity index (χ1n) is 10.4. The van der Waals surface area contributed by atoms with Crippen LogP contribution >= 0.6 is 11.3 Å². The van der Waals surface area contributed by atoms with E-state index in [9.17, 15) is 9.59 Å². The molecule has 0 spiro atoms. The average molecular weight is 444 g/mol. The van der Waals surface area contributed by atoms with Gasteiger partial charge in [0.25, 0.3) is 5.91 Å². The standard InChI is InChI=1S/C24H21N5O2S/c30-19-13-15(14-27-23(31)24-26-10-11-32-24)12-18-20(19)22(28-17-4-2-1-3-5-17)21(29-18)16-6-8-25-9-7-16/h1-11,15,28-29H,12-14H2,(H,27,31). The molecule has 3 heterocycles. The summed E-state index contributed by atoms with van der Waals surface area (Å²) in [5, 5.41) is 8.56. The molecule has 0 bridgehead atoms. The van der Waals surface area contributed by atoms with Gasteiger partial charge in [0.2, 0.25) is 0 Å². The minimum atomic E-state index is -0.200. The fraction of sp³-hybridized carbons (Fsp3) is 0.167. The van der Waals surface area contributed by atoms with Crippen molar-refractivity contribution < 1.29 is 9.59 Å². The third-order valence-corrected chi connectivity index (χ3v) is 6.29. The maximum Gasteiger partial charge on any atom is 0.280 e. The second-order valence-corrected chi connectivity index (χ2v) is 8.59. The number of hydrogen-bond donors (Lipinski definition) is 3. The molecule has 1 aliphatic rings. The smallest absolute Gasteiger partial charge is 0.280 e. The number of aromatic nitrogens is 3. The van der Waals surface area contributed by atoms with E-state index in [4.69, 9.17) is 0 Å². The molecule has 3 N–H and O–H groups in total. The highest BCUT2D eigenvalue weighted by Crippen LogP contribution is 2.39. The number of hydrogen-bond acceptors (Lipinski definition) is 6. The number of pyridine rings is 1. The lowest BCUT2D eigenvalue weighted by Gasteiger charge is -2.22. The summed E-state index contributed by atoms with van der Waals surface area (Å²) < 4.78 is 0. The van der Waals surface area contributed by atoms with Crippen molar-refractivity contribution in [1.29, 1.82) is 0 Å². The maximum atomic E-state index is 13.2. The molecule has 7 nitrogen and oxygen atoms in total. The van der Waals surface area contributed by atoms with Crippen LogP contribution in [0, 0.1) is 5.92 Å². The van der Waals surface area contributed by atoms with Crippen LogP contribution in [-0.4, -0.2) is 33.2 Å². The highest BCUT2D eigenvalue weighted by atomic mass is 32.1. The van der Waals surface area contributed by atoms with Crippen LogP contribution in [0.5, 0.6) is 0 Å². The molecule has 1 aromatic carbocycles. The molecular formula is C24H21N5O2S. The monoisotopic (exact) mass is 443 g/mol. The fourth-order valence-corrected chi connectivity index (χ4v) is 4.61. The van der Waals surface area contributed by atoms with Crippen LogP contribution in [0.4, 0.5) is 11.4 Å². The highest BCUT2D eigenvalue weighted by molar-refractivity contribution is 7.11. The van der Waals surface area contributed by atoms with E-state index in [1.54, 1.807) is 24.0 Å². The molecule has 5 rings (SSSR count). The van der Waals surface area contributed by atoms with Crippen molar-refractivity contribution in [3.63, 3.8) is 0 Å². The van der Waals surface area contributed by atoms with E-state index < -0.39 is 0 Å². The Morgan fingerprint density at radius 1 is 1.09 bits per heavy atom. The second kappa shape index (κ2) is 8.76. The second-order valence-electron chi connectivity index (χ2n) is 7.70. The predicted octanol–water partition coefficient (Wildman–Crippen LogP) is 4.45. The molecule has 4 aromatic rings. The highest BCUT2D eigenvalue weighted by Gasteiger charge is 2.32. The number of Topliss-reactive ketones (excluding diaryl/α,β-unsaturated/α-hetero) is 1. The lowest BCUT2D eigenvalue weighted by molar-refractivity contribution is 0.0909. The Kier molecular flexibility index (Phi) is 5.51. The van der Waals surface area contributed by atoms with Gasteiger partial charge in [-0.05, 0) is 36.6 Å². The molecule has 0 saturated carbocycles. The van der Waals surface area contributed by atoms with E-state index in [0.717, 1.165) is 28.3 Å². The van der Waals surface area contributed by atoms with Crippen LogP contribution in [0.3, 0.4) is 0 Å². The summed E-state index contributed by atoms with van der Waals surface area (Å²) in [6.45, 7) is 0.425. The van der Waals surface area contributed by atoms with E-state index in [2.05, 4.69) is 25.6 Å². The van der Waals surface area contributed by atoms with Crippen molar-refractivity contribution in [3.8, 4) is 11.3 Å². The molecule has 0 saturated heterocycles. The molecule has 0 radical (unpaired) electrons. The third-order valence-electron chi connectivity index (χ3n) is 5.51. The van der Waals surface area contributed by atoms with Crippen molar-refractivity contribution in [2.45, 2.75) is 12.8 Å². The summed E-state index contributed by atoms with van der Waals surface area (Å²) in [6.07, 6.45) is 6.13. The molecule has 1 amide bonds. The zero-order chi connectivity index (χ0) is 21.9. The minimum absolute atomic E-state index is 0.0208. The number of ketones is 1. The number of thiazole rings is 1. The average Bonchev–Trinajstić information content (AvgIpc) is 3.48. The van der Waals surface area contributed by atoms with Gasteiger partial charge in [-0.2, -0.15) is 0 Å². The van der Waals surface area contributed by atoms with Crippen molar-refractivity contribution >= 4 is 34.4 Å². The number of para-hydroxylation sites is 1. The normalized spacial score (nSPS) is 15.2. The van der Waals surface area contributed by atoms with Crippen molar-refractivity contribution in [3.05, 3.63) is 82.7 Å². The SMILES string of the molecule is O=C(NCC1CC(=O)c2c([nH]c(-c3ccncc3)c2Nc2ccccc2)C1)c1nccs1. The van der Waals surface area contributed by atoms with Crippen LogP contribution < -0.4 is 10.6 Å². The summed E-state index contributed by atoms with van der Waals surface area (Å²) in [7, 11) is 0. The fourth-order valence-electron chi connectivity index (χ4n) is 4.06. The molecule has 32 heavy (non-hydrogen) atoms. The Morgan fingerprint density at radius 2 is 1.91 bits per heavy atom. The van der Waals surface area contributed by atoms with Gasteiger partial charge in [-0.3, -0.25) is 14.6 Å². The first-order valence-corrected chi connectivity index (χ1v) is 11.2. The van der Waals surface area contributed by atoms with Crippen LogP contribution in [-0.2, 0) is 6.42 Å². The summed E-state index contributed by atoms with van der Waals surface area (Å²) in [5.74, 6) is -0.115. The van der Waals surface area contributed by atoms with Gasteiger partial charge in [-0.1, -0.05) is 18.2 Å². The van der Waals surface area contributed by atoms with E-state index >= 15 is 0 Å². The number of aromatic amines is 1. The molecule has 1 atom stereocenters. The zero-order valence-corrected chi connectivity index (χ0v) is 18.0. The van der Waals surface area contributed by atoms with Gasteiger partial charge in [-0.25, -0.2) is 4.98 Å². The Bertz CT molecular complexity index is 1240. The topological polar surface area (TPSA) is 99.8 Å². The van der Waals surface area contributed by atoms with E-state index in [-0.39, 0.29) is 17.6 Å². The Labute approximate surface area is 188 Å². The Hall–Kier alpha value is -3.78. The Balaban J connectivity index is 1.43. The Morgan fingerprint density at radius 3 is 2.66 bits per heavy atom. The van der Waals surface area contributed by atoms with Crippen LogP contribution in [0.15, 0.2) is 66.4 Å². The number of H-pyrrole nitrogens is 1. The van der Waals surface area contributed by atoms with Crippen LogP contribution in [0.25, 0.3) is 11.3 Å². The molecule has 8 heteroatoms. The van der Waals surface area contributed by atoms with Crippen LogP contribution in [0.2, 0.25) is 0 Å². The largest absolute Gasteiger partial charge is 0.356 e. The number of nitrogens with one attached hydrogen (secondary N) is 3. The number of rotatable bonds is 6. The van der Waals surface area contributed by atoms with Crippen molar-refractivity contribution in [2.24, 2.45) is 5.92 Å². The first kappa shape index (κ1) is 20.1. The molecule has 3 aromatic heterocycles. The molecule has 1 aliphatic carbocycles. The van der Waals surface area contributed by atoms with Gasteiger partial charge in [0.05, 0.1) is 16.9 Å². The number of amides is 1. The quantitative estimate of drug-likeness (QED) is 0.409. The molecule has 160 valence electrons. The number of carbonyl (C=O) groups is 2. The van der Waals surface area contributed by atoms with Gasteiger partial charge < -0.3 is 15.6 Å². The van der Waals surface area contributed by atoms with Gasteiger partial charge >= 0.3 is 0 Å². The predicted molar refractivity (Wildman–Crippen MR) is 124 cm³/mol. The van der Waals surface area contributed by atoms with E-state index in [0.29, 0.717) is 30.0 Å². The molecular weight excluding hydrogens is 422 g/mol. The number of carbonyl (C=O) groups excluding carboxylic acids is 2. The van der Waals surface area contributed by atoms with Gasteiger partial charge in [-0.15, -0.1) is 11.3 Å². The summed E-state index contributed by atoms with van der Waals surface area (Å²) in [6, 6.07) is 13.7. The molecule has 1 unspecified atom stereocenters. The first-order chi connectivity index (χ1) is 15.7. The third kappa shape index (κ3) is 4.04. The number of benzene rings is 1. The zero-order valence-electron chi connectivity index (χ0n) is 17.2. The van der Waals surface area contributed by atoms with Crippen LogP contribution in [0.1, 0.15) is 32.3 Å². The lowest BCUT2D eigenvalue weighted by atomic mass is 9.86. The summed E-state index contributed by atoms with van der Waals surface area (Å²) in [5.41, 5.74) is 5.10. The number of nitrogens with zero attached hydrogens (tertiary/aromatic N) is 2. The molecule has 0 aliphatic heterocycles. The maximum absolute atomic E-state index is 13.2. The number of fused-ring (bicyclic) bond motifs is 1. The lowest BCUT2D eigenvalue weighted by Crippen LogP contribution is -2.33. The van der Waals surface area contributed by atoms with Gasteiger partial charge in [0.15, 0.2) is 10.8 Å². The van der Waals surface area contributed by atoms with E-state index in [1.807, 2.05) is 42.5 Å². The van der Waals surface area contributed by atoms with Gasteiger partial charge in [0.1, 0.15) is 0 Å². The summed E-state index contributed by atoms with van der Waals surface area (Å²) >= 11 is 1.30.